The van der Waals surface area contributed by atoms with Gasteiger partial charge in [-0.2, -0.15) is 8.78 Å². The Morgan fingerprint density at radius 1 is 1.12 bits per heavy atom. The molecule has 2 fully saturated rings. The predicted octanol–water partition coefficient (Wildman–Crippen LogP) is 5.91. The minimum atomic E-state index is -4.03. The van der Waals surface area contributed by atoms with Crippen molar-refractivity contribution in [2.24, 2.45) is 0 Å². The summed E-state index contributed by atoms with van der Waals surface area (Å²) in [6.07, 6.45) is 3.35. The van der Waals surface area contributed by atoms with Crippen LogP contribution in [0.4, 0.5) is 13.2 Å². The number of hydrogen-bond donors (Lipinski definition) is 0. The van der Waals surface area contributed by atoms with Crippen LogP contribution in [0.15, 0.2) is 44.7 Å². The zero-order valence-electron chi connectivity index (χ0n) is 29.5. The van der Waals surface area contributed by atoms with E-state index in [1.54, 1.807) is 6.92 Å². The third-order valence-electron chi connectivity index (χ3n) is 9.82. The standard InChI is InChI=1S/C35H40F3N3O9S2/c1-18-27-30(43)41(35(5,6)26(42)17-52(45,46)34(2,3)4)33(44)40(31(27)51-28(18)29-39-11-12-47-29)16-25(49-22-14-20-8-9-21(15-22)48-20)23-13-19(36)7-10-24(23)50-32(37)38/h7,10-13,20-22,25,32H,8-9,14-17H2,1-6H3/t20-,21+,22?,25-/m0/s1. The number of halogens is 3. The summed E-state index contributed by atoms with van der Waals surface area (Å²) >= 11 is 1.00. The summed E-state index contributed by atoms with van der Waals surface area (Å²) in [6, 6.07) is 3.01. The summed E-state index contributed by atoms with van der Waals surface area (Å²) in [5, 5.41) is 0.0171. The van der Waals surface area contributed by atoms with E-state index in [2.05, 4.69) is 4.98 Å². The topological polar surface area (TPSA) is 149 Å². The number of hydrogen-bond acceptors (Lipinski definition) is 11. The van der Waals surface area contributed by atoms with E-state index in [4.69, 9.17) is 18.6 Å². The zero-order valence-corrected chi connectivity index (χ0v) is 31.1. The molecular weight excluding hydrogens is 728 g/mol. The molecule has 0 saturated carbocycles. The number of oxazole rings is 1. The Labute approximate surface area is 301 Å². The van der Waals surface area contributed by atoms with E-state index in [1.807, 2.05) is 0 Å². The Morgan fingerprint density at radius 3 is 2.38 bits per heavy atom. The van der Waals surface area contributed by atoms with E-state index >= 15 is 0 Å². The van der Waals surface area contributed by atoms with Crippen molar-refractivity contribution in [1.82, 2.24) is 14.1 Å². The summed E-state index contributed by atoms with van der Waals surface area (Å²) in [4.78, 5) is 47.7. The number of fused-ring (bicyclic) bond motifs is 3. The number of sulfone groups is 1. The van der Waals surface area contributed by atoms with Crippen LogP contribution in [0, 0.1) is 12.7 Å². The highest BCUT2D eigenvalue weighted by Gasteiger charge is 2.42. The average Bonchev–Trinajstić information content (AvgIpc) is 3.77. The number of carbonyl (C=O) groups is 1. The van der Waals surface area contributed by atoms with Gasteiger partial charge in [-0.15, -0.1) is 11.3 Å². The monoisotopic (exact) mass is 767 g/mol. The van der Waals surface area contributed by atoms with Crippen LogP contribution in [-0.2, 0) is 36.2 Å². The maximum atomic E-state index is 14.9. The number of benzene rings is 1. The molecule has 2 aliphatic heterocycles. The average molecular weight is 768 g/mol. The summed E-state index contributed by atoms with van der Waals surface area (Å²) in [5.74, 6) is -2.85. The summed E-state index contributed by atoms with van der Waals surface area (Å²) in [5.41, 5.74) is -3.59. The molecule has 282 valence electrons. The van der Waals surface area contributed by atoms with Crippen LogP contribution in [-0.4, -0.2) is 63.7 Å². The maximum Gasteiger partial charge on any atom is 0.387 e. The van der Waals surface area contributed by atoms with Gasteiger partial charge in [0, 0.05) is 5.56 Å². The minimum absolute atomic E-state index is 0.0171. The van der Waals surface area contributed by atoms with Gasteiger partial charge in [-0.1, -0.05) is 0 Å². The van der Waals surface area contributed by atoms with Crippen LogP contribution in [0.2, 0.25) is 0 Å². The summed E-state index contributed by atoms with van der Waals surface area (Å²) in [6.45, 7) is 4.80. The van der Waals surface area contributed by atoms with Crippen LogP contribution < -0.4 is 16.0 Å². The predicted molar refractivity (Wildman–Crippen MR) is 186 cm³/mol. The second-order valence-corrected chi connectivity index (χ2v) is 18.4. The zero-order chi connectivity index (χ0) is 37.9. The highest BCUT2D eigenvalue weighted by Crippen LogP contribution is 2.40. The third kappa shape index (κ3) is 7.11. The van der Waals surface area contributed by atoms with Gasteiger partial charge in [0.05, 0.1) is 46.1 Å². The molecule has 12 nitrogen and oxygen atoms in total. The molecule has 0 radical (unpaired) electrons. The van der Waals surface area contributed by atoms with E-state index < -0.39 is 74.1 Å². The minimum Gasteiger partial charge on any atom is -0.444 e. The Balaban J connectivity index is 1.57. The van der Waals surface area contributed by atoms with E-state index in [0.29, 0.717) is 27.8 Å². The van der Waals surface area contributed by atoms with Crippen molar-refractivity contribution in [3.05, 3.63) is 68.4 Å². The molecule has 2 aliphatic rings. The fourth-order valence-corrected chi connectivity index (χ4v) is 9.11. The maximum absolute atomic E-state index is 14.9. The molecule has 2 bridgehead atoms. The van der Waals surface area contributed by atoms with Gasteiger partial charge in [0.1, 0.15) is 40.1 Å². The number of nitrogens with zero attached hydrogens (tertiary/aromatic N) is 3. The van der Waals surface area contributed by atoms with E-state index in [-0.39, 0.29) is 39.6 Å². The van der Waals surface area contributed by atoms with Gasteiger partial charge in [-0.25, -0.2) is 27.2 Å². The van der Waals surface area contributed by atoms with Gasteiger partial charge >= 0.3 is 12.3 Å². The number of ketones is 1. The first-order valence-electron chi connectivity index (χ1n) is 16.8. The molecule has 2 saturated heterocycles. The Bertz CT molecular complexity index is 2210. The van der Waals surface area contributed by atoms with E-state index in [0.717, 1.165) is 42.4 Å². The lowest BCUT2D eigenvalue weighted by Gasteiger charge is -2.33. The molecule has 4 aromatic rings. The SMILES string of the molecule is Cc1c(-c2ncco2)sc2c1c(=O)n(C(C)(C)C(=O)CS(=O)(=O)C(C)(C)C)c(=O)n2C[C@H](OC1C[C@H]2CC[C@@H](C1)O2)c1cc(F)ccc1OC(F)F. The van der Waals surface area contributed by atoms with Crippen LogP contribution >= 0.6 is 11.3 Å². The van der Waals surface area contributed by atoms with Crippen molar-refractivity contribution in [1.29, 1.82) is 0 Å². The lowest BCUT2D eigenvalue weighted by atomic mass is 9.99. The first-order valence-corrected chi connectivity index (χ1v) is 19.3. The highest BCUT2D eigenvalue weighted by molar-refractivity contribution is 7.93. The van der Waals surface area contributed by atoms with Crippen molar-refractivity contribution in [2.75, 3.05) is 5.75 Å². The van der Waals surface area contributed by atoms with Gasteiger partial charge in [0.2, 0.25) is 5.89 Å². The molecule has 3 aromatic heterocycles. The van der Waals surface area contributed by atoms with Crippen molar-refractivity contribution >= 4 is 37.2 Å². The fraction of sp³-hybridized carbons (Fsp3) is 0.543. The molecule has 17 heteroatoms. The molecule has 0 spiro atoms. The van der Waals surface area contributed by atoms with Gasteiger partial charge in [-0.05, 0) is 91.0 Å². The number of carbonyl (C=O) groups excluding carboxylic acids is 1. The second kappa shape index (κ2) is 13.9. The Hall–Kier alpha value is -3.80. The lowest BCUT2D eigenvalue weighted by molar-refractivity contribution is -0.123. The Kier molecular flexibility index (Phi) is 10.1. The third-order valence-corrected chi connectivity index (χ3v) is 13.6. The molecular formula is C35H40F3N3O9S2. The number of thiophene rings is 1. The molecule has 0 aliphatic carbocycles. The number of alkyl halides is 2. The molecule has 0 N–H and O–H groups in total. The van der Waals surface area contributed by atoms with Crippen molar-refractivity contribution in [3.63, 3.8) is 0 Å². The van der Waals surface area contributed by atoms with Crippen LogP contribution in [0.1, 0.15) is 77.5 Å². The van der Waals surface area contributed by atoms with Gasteiger partial charge in [0.25, 0.3) is 5.56 Å². The molecule has 0 amide bonds. The lowest BCUT2D eigenvalue weighted by Crippen LogP contribution is -2.54. The summed E-state index contributed by atoms with van der Waals surface area (Å²) in [7, 11) is -4.03. The summed E-state index contributed by atoms with van der Waals surface area (Å²) < 4.78 is 91.9. The molecule has 4 atom stereocenters. The fourth-order valence-electron chi connectivity index (χ4n) is 6.74. The number of Topliss-reactive ketones (excluding diaryl/α,β-unsaturated/α-hetero) is 1. The number of aromatic nitrogens is 3. The van der Waals surface area contributed by atoms with Crippen LogP contribution in [0.25, 0.3) is 21.0 Å². The van der Waals surface area contributed by atoms with Gasteiger partial charge in [0.15, 0.2) is 15.6 Å². The van der Waals surface area contributed by atoms with Crippen LogP contribution in [0.3, 0.4) is 0 Å². The van der Waals surface area contributed by atoms with Gasteiger partial charge < -0.3 is 18.6 Å². The highest BCUT2D eigenvalue weighted by atomic mass is 32.2. The van der Waals surface area contributed by atoms with E-state index in [9.17, 15) is 36.0 Å². The molecule has 1 aromatic carbocycles. The normalized spacial score (nSPS) is 20.2. The van der Waals surface area contributed by atoms with Gasteiger partial charge in [-0.3, -0.25) is 14.2 Å². The second-order valence-electron chi connectivity index (χ2n) is 14.7. The number of ether oxygens (including phenoxy) is 3. The first kappa shape index (κ1) is 37.9. The number of aryl methyl sites for hydroxylation is 1. The number of rotatable bonds is 12. The Morgan fingerprint density at radius 2 is 1.79 bits per heavy atom. The van der Waals surface area contributed by atoms with Crippen molar-refractivity contribution < 1.29 is 45.0 Å². The smallest absolute Gasteiger partial charge is 0.387 e. The molecule has 1 unspecified atom stereocenters. The van der Waals surface area contributed by atoms with Crippen molar-refractivity contribution in [3.8, 4) is 16.5 Å². The first-order chi connectivity index (χ1) is 24.3. The molecule has 52 heavy (non-hydrogen) atoms. The quantitative estimate of drug-likeness (QED) is 0.170. The molecule has 6 rings (SSSR count). The van der Waals surface area contributed by atoms with E-state index in [1.165, 1.54) is 51.6 Å². The molecule has 5 heterocycles. The van der Waals surface area contributed by atoms with Crippen molar-refractivity contribution in [2.45, 2.75) is 115 Å². The largest absolute Gasteiger partial charge is 0.444 e. The van der Waals surface area contributed by atoms with Crippen LogP contribution in [0.5, 0.6) is 5.75 Å².